The number of benzene rings is 1. The zero-order chi connectivity index (χ0) is 18.3. The van der Waals surface area contributed by atoms with E-state index in [1.165, 1.54) is 12.1 Å². The minimum atomic E-state index is -0.314. The van der Waals surface area contributed by atoms with Crippen molar-refractivity contribution in [2.75, 3.05) is 25.5 Å². The molecule has 1 aliphatic heterocycles. The SMILES string of the molecule is CNc1cc(C)nc(C2CCN(C(=O)c3cc4ccc(F)cc4[nH]3)C2)c1. The minimum absolute atomic E-state index is 0.0504. The van der Waals surface area contributed by atoms with Crippen LogP contribution in [0.15, 0.2) is 36.4 Å². The van der Waals surface area contributed by atoms with E-state index in [-0.39, 0.29) is 17.6 Å². The monoisotopic (exact) mass is 352 g/mol. The van der Waals surface area contributed by atoms with Gasteiger partial charge in [-0.2, -0.15) is 0 Å². The van der Waals surface area contributed by atoms with Crippen LogP contribution in [0.3, 0.4) is 0 Å². The summed E-state index contributed by atoms with van der Waals surface area (Å²) in [6.45, 7) is 3.31. The summed E-state index contributed by atoms with van der Waals surface area (Å²) < 4.78 is 13.4. The predicted octanol–water partition coefficient (Wildman–Crippen LogP) is 3.68. The van der Waals surface area contributed by atoms with Crippen molar-refractivity contribution in [1.29, 1.82) is 0 Å². The lowest BCUT2D eigenvalue weighted by molar-refractivity contribution is 0.0786. The van der Waals surface area contributed by atoms with Crippen molar-refractivity contribution in [1.82, 2.24) is 14.9 Å². The average Bonchev–Trinajstić information content (AvgIpc) is 3.27. The summed E-state index contributed by atoms with van der Waals surface area (Å²) in [7, 11) is 1.89. The number of likely N-dealkylation sites (tertiary alicyclic amines) is 1. The van der Waals surface area contributed by atoms with Crippen LogP contribution in [0.25, 0.3) is 10.9 Å². The van der Waals surface area contributed by atoms with Crippen LogP contribution in [-0.2, 0) is 0 Å². The molecule has 1 fully saturated rings. The first-order chi connectivity index (χ1) is 12.5. The first kappa shape index (κ1) is 16.6. The van der Waals surface area contributed by atoms with E-state index in [0.717, 1.165) is 28.9 Å². The van der Waals surface area contributed by atoms with Crippen LogP contribution in [0.5, 0.6) is 0 Å². The van der Waals surface area contributed by atoms with Crippen molar-refractivity contribution in [2.24, 2.45) is 0 Å². The summed E-state index contributed by atoms with van der Waals surface area (Å²) in [6, 6.07) is 10.3. The maximum Gasteiger partial charge on any atom is 0.270 e. The molecule has 0 spiro atoms. The van der Waals surface area contributed by atoms with E-state index in [1.54, 1.807) is 12.1 Å². The number of anilines is 1. The number of aryl methyl sites for hydroxylation is 1. The Morgan fingerprint density at radius 1 is 1.31 bits per heavy atom. The molecule has 4 rings (SSSR count). The quantitative estimate of drug-likeness (QED) is 0.756. The third kappa shape index (κ3) is 3.03. The molecule has 2 N–H and O–H groups in total. The molecule has 2 aromatic heterocycles. The molecule has 3 heterocycles. The van der Waals surface area contributed by atoms with Gasteiger partial charge >= 0.3 is 0 Å². The number of fused-ring (bicyclic) bond motifs is 1. The number of H-pyrrole nitrogens is 1. The fourth-order valence-corrected chi connectivity index (χ4v) is 3.62. The van der Waals surface area contributed by atoms with Gasteiger partial charge in [-0.05, 0) is 49.7 Å². The van der Waals surface area contributed by atoms with Gasteiger partial charge in [0.15, 0.2) is 0 Å². The molecule has 134 valence electrons. The highest BCUT2D eigenvalue weighted by molar-refractivity contribution is 5.98. The lowest BCUT2D eigenvalue weighted by Gasteiger charge is -2.16. The molecule has 1 aliphatic rings. The second-order valence-electron chi connectivity index (χ2n) is 6.82. The lowest BCUT2D eigenvalue weighted by Crippen LogP contribution is -2.28. The maximum absolute atomic E-state index is 13.4. The van der Waals surface area contributed by atoms with E-state index in [1.807, 2.05) is 24.9 Å². The van der Waals surface area contributed by atoms with E-state index in [0.29, 0.717) is 24.3 Å². The van der Waals surface area contributed by atoms with E-state index in [2.05, 4.69) is 21.4 Å². The Kier molecular flexibility index (Phi) is 4.11. The molecule has 5 nitrogen and oxygen atoms in total. The van der Waals surface area contributed by atoms with Gasteiger partial charge in [0, 0.05) is 54.0 Å². The van der Waals surface area contributed by atoms with Crippen molar-refractivity contribution in [3.8, 4) is 0 Å². The Balaban J connectivity index is 1.54. The highest BCUT2D eigenvalue weighted by Crippen LogP contribution is 2.29. The maximum atomic E-state index is 13.4. The van der Waals surface area contributed by atoms with Crippen molar-refractivity contribution in [2.45, 2.75) is 19.3 Å². The summed E-state index contributed by atoms with van der Waals surface area (Å²) in [5, 5.41) is 3.99. The Morgan fingerprint density at radius 2 is 2.15 bits per heavy atom. The highest BCUT2D eigenvalue weighted by Gasteiger charge is 2.29. The molecule has 1 atom stereocenters. The standard InChI is InChI=1S/C20H21FN4O/c1-12-7-16(22-2)10-18(23-12)14-5-6-25(11-14)20(26)19-8-13-3-4-15(21)9-17(13)24-19/h3-4,7-10,14,24H,5-6,11H2,1-2H3,(H,22,23). The summed E-state index contributed by atoms with van der Waals surface area (Å²) in [5.41, 5.74) is 4.16. The smallest absolute Gasteiger partial charge is 0.270 e. The molecule has 1 aromatic carbocycles. The van der Waals surface area contributed by atoms with Gasteiger partial charge in [-0.25, -0.2) is 4.39 Å². The van der Waals surface area contributed by atoms with E-state index in [9.17, 15) is 9.18 Å². The Hall–Kier alpha value is -2.89. The van der Waals surface area contributed by atoms with Crippen LogP contribution in [0, 0.1) is 12.7 Å². The van der Waals surface area contributed by atoms with Crippen molar-refractivity contribution in [3.05, 3.63) is 59.3 Å². The largest absolute Gasteiger partial charge is 0.388 e. The zero-order valence-corrected chi connectivity index (χ0v) is 14.8. The van der Waals surface area contributed by atoms with E-state index < -0.39 is 0 Å². The number of carbonyl (C=O) groups excluding carboxylic acids is 1. The number of halogens is 1. The zero-order valence-electron chi connectivity index (χ0n) is 14.8. The highest BCUT2D eigenvalue weighted by atomic mass is 19.1. The van der Waals surface area contributed by atoms with Crippen LogP contribution < -0.4 is 5.32 Å². The van der Waals surface area contributed by atoms with Gasteiger partial charge in [-0.1, -0.05) is 0 Å². The number of pyridine rings is 1. The van der Waals surface area contributed by atoms with Crippen molar-refractivity contribution < 1.29 is 9.18 Å². The van der Waals surface area contributed by atoms with Crippen LogP contribution in [-0.4, -0.2) is 40.9 Å². The fourth-order valence-electron chi connectivity index (χ4n) is 3.62. The van der Waals surface area contributed by atoms with E-state index >= 15 is 0 Å². The Labute approximate surface area is 151 Å². The van der Waals surface area contributed by atoms with Crippen molar-refractivity contribution in [3.63, 3.8) is 0 Å². The number of hydrogen-bond donors (Lipinski definition) is 2. The lowest BCUT2D eigenvalue weighted by atomic mass is 10.0. The number of nitrogens with one attached hydrogen (secondary N) is 2. The second kappa shape index (κ2) is 6.44. The minimum Gasteiger partial charge on any atom is -0.388 e. The summed E-state index contributed by atoms with van der Waals surface area (Å²) >= 11 is 0. The molecular formula is C20H21FN4O. The Bertz CT molecular complexity index is 981. The summed E-state index contributed by atoms with van der Waals surface area (Å²) in [6.07, 6.45) is 0.889. The summed E-state index contributed by atoms with van der Waals surface area (Å²) in [4.78, 5) is 22.4. The van der Waals surface area contributed by atoms with Crippen LogP contribution in [0.1, 0.15) is 34.2 Å². The number of hydrogen-bond acceptors (Lipinski definition) is 3. The number of aromatic amines is 1. The van der Waals surface area contributed by atoms with Gasteiger partial charge in [0.2, 0.25) is 0 Å². The molecule has 3 aromatic rings. The number of carbonyl (C=O) groups is 1. The molecular weight excluding hydrogens is 331 g/mol. The predicted molar refractivity (Wildman–Crippen MR) is 100 cm³/mol. The number of amides is 1. The van der Waals surface area contributed by atoms with Gasteiger partial charge in [0.05, 0.1) is 0 Å². The van der Waals surface area contributed by atoms with Crippen LogP contribution in [0.4, 0.5) is 10.1 Å². The molecule has 0 bridgehead atoms. The van der Waals surface area contributed by atoms with Crippen LogP contribution in [0.2, 0.25) is 0 Å². The molecule has 0 radical (unpaired) electrons. The number of nitrogens with zero attached hydrogens (tertiary/aromatic N) is 2. The molecule has 1 unspecified atom stereocenters. The third-order valence-electron chi connectivity index (χ3n) is 4.97. The van der Waals surface area contributed by atoms with Gasteiger partial charge < -0.3 is 15.2 Å². The van der Waals surface area contributed by atoms with Gasteiger partial charge in [-0.15, -0.1) is 0 Å². The number of rotatable bonds is 3. The van der Waals surface area contributed by atoms with Gasteiger partial charge in [0.1, 0.15) is 11.5 Å². The topological polar surface area (TPSA) is 61.0 Å². The molecule has 0 aliphatic carbocycles. The molecule has 26 heavy (non-hydrogen) atoms. The molecule has 1 amide bonds. The van der Waals surface area contributed by atoms with E-state index in [4.69, 9.17) is 0 Å². The first-order valence-corrected chi connectivity index (χ1v) is 8.77. The average molecular weight is 352 g/mol. The normalized spacial score (nSPS) is 17.0. The van der Waals surface area contributed by atoms with Crippen molar-refractivity contribution >= 4 is 22.5 Å². The third-order valence-corrected chi connectivity index (χ3v) is 4.97. The molecule has 1 saturated heterocycles. The molecule has 0 saturated carbocycles. The second-order valence-corrected chi connectivity index (χ2v) is 6.82. The summed E-state index contributed by atoms with van der Waals surface area (Å²) in [5.74, 6) is -0.135. The van der Waals surface area contributed by atoms with Gasteiger partial charge in [-0.3, -0.25) is 9.78 Å². The molecule has 6 heteroatoms. The Morgan fingerprint density at radius 3 is 2.96 bits per heavy atom. The first-order valence-electron chi connectivity index (χ1n) is 8.77. The number of aromatic nitrogens is 2. The van der Waals surface area contributed by atoms with Gasteiger partial charge in [0.25, 0.3) is 5.91 Å². The fraction of sp³-hybridized carbons (Fsp3) is 0.300. The van der Waals surface area contributed by atoms with Crippen LogP contribution >= 0.6 is 0 Å².